The van der Waals surface area contributed by atoms with Gasteiger partial charge in [0.05, 0.1) is 12.3 Å². The maximum atomic E-state index is 8.92. The quantitative estimate of drug-likeness (QED) is 0.831. The fraction of sp³-hybridized carbons (Fsp3) is 0.286. The molecule has 0 bridgehead atoms. The Morgan fingerprint density at radius 3 is 2.74 bits per heavy atom. The maximum Gasteiger partial charge on any atom is 0.140 e. The fourth-order valence-electron chi connectivity index (χ4n) is 1.83. The first-order valence-corrected chi connectivity index (χ1v) is 6.13. The lowest BCUT2D eigenvalue weighted by molar-refractivity contribution is 0.299. The van der Waals surface area contributed by atoms with Crippen molar-refractivity contribution in [3.8, 4) is 11.8 Å². The number of benzene rings is 1. The van der Waals surface area contributed by atoms with E-state index in [0.29, 0.717) is 30.2 Å². The molecule has 1 heterocycles. The smallest absolute Gasteiger partial charge is 0.140 e. The van der Waals surface area contributed by atoms with Crippen molar-refractivity contribution in [3.05, 3.63) is 41.6 Å². The topological polar surface area (TPSA) is 76.9 Å². The first-order valence-electron chi connectivity index (χ1n) is 6.13. The third-order valence-electron chi connectivity index (χ3n) is 2.80. The van der Waals surface area contributed by atoms with E-state index in [1.807, 2.05) is 30.3 Å². The van der Waals surface area contributed by atoms with Gasteiger partial charge in [-0.3, -0.25) is 0 Å². The fourth-order valence-corrected chi connectivity index (χ4v) is 1.83. The van der Waals surface area contributed by atoms with Gasteiger partial charge in [-0.2, -0.15) is 10.4 Å². The maximum absolute atomic E-state index is 8.92. The summed E-state index contributed by atoms with van der Waals surface area (Å²) in [6.45, 7) is 3.01. The average Bonchev–Trinajstić information content (AvgIpc) is 2.70. The second-order valence-corrected chi connectivity index (χ2v) is 4.20. The number of nitriles is 1. The molecule has 0 aliphatic carbocycles. The molecule has 0 aliphatic heterocycles. The van der Waals surface area contributed by atoms with Crippen LogP contribution in [-0.2, 0) is 6.54 Å². The first-order chi connectivity index (χ1) is 9.22. The van der Waals surface area contributed by atoms with E-state index < -0.39 is 0 Å². The zero-order chi connectivity index (χ0) is 13.7. The molecule has 0 unspecified atom stereocenters. The molecule has 2 aromatic rings. The van der Waals surface area contributed by atoms with E-state index in [1.165, 1.54) is 0 Å². The molecule has 0 aliphatic rings. The zero-order valence-electron chi connectivity index (χ0n) is 10.8. The van der Waals surface area contributed by atoms with Crippen molar-refractivity contribution in [1.29, 1.82) is 5.26 Å². The summed E-state index contributed by atoms with van der Waals surface area (Å²) in [6, 6.07) is 11.7. The van der Waals surface area contributed by atoms with Gasteiger partial charge < -0.3 is 10.5 Å². The Labute approximate surface area is 112 Å². The summed E-state index contributed by atoms with van der Waals surface area (Å²) in [5.74, 6) is 1.28. The number of aromatic nitrogens is 2. The number of aryl methyl sites for hydroxylation is 2. The summed E-state index contributed by atoms with van der Waals surface area (Å²) in [5.41, 5.74) is 6.98. The van der Waals surface area contributed by atoms with E-state index in [2.05, 4.69) is 11.2 Å². The largest absolute Gasteiger partial charge is 0.494 e. The Morgan fingerprint density at radius 2 is 2.11 bits per heavy atom. The Bertz CT molecular complexity index is 583. The molecule has 5 heteroatoms. The molecule has 98 valence electrons. The van der Waals surface area contributed by atoms with E-state index in [0.717, 1.165) is 12.2 Å². The second kappa shape index (κ2) is 5.91. The van der Waals surface area contributed by atoms with Crippen LogP contribution in [0, 0.1) is 18.3 Å². The van der Waals surface area contributed by atoms with Gasteiger partial charge in [0.25, 0.3) is 0 Å². The van der Waals surface area contributed by atoms with Crippen molar-refractivity contribution in [2.45, 2.75) is 19.9 Å². The molecule has 1 aromatic heterocycles. The molecule has 1 aromatic carbocycles. The monoisotopic (exact) mass is 256 g/mol. The number of nitrogens with zero attached hydrogens (tertiary/aromatic N) is 3. The highest BCUT2D eigenvalue weighted by atomic mass is 16.5. The molecule has 0 spiro atoms. The molecular weight excluding hydrogens is 240 g/mol. The lowest BCUT2D eigenvalue weighted by Gasteiger charge is -2.06. The molecule has 0 saturated heterocycles. The van der Waals surface area contributed by atoms with Crippen molar-refractivity contribution >= 4 is 5.82 Å². The molecule has 19 heavy (non-hydrogen) atoms. The Balaban J connectivity index is 1.85. The predicted octanol–water partition coefficient (Wildman–Crippen LogP) is 2.11. The van der Waals surface area contributed by atoms with Crippen LogP contribution >= 0.6 is 0 Å². The van der Waals surface area contributed by atoms with Gasteiger partial charge in [-0.15, -0.1) is 0 Å². The molecule has 0 radical (unpaired) electrons. The normalized spacial score (nSPS) is 10.1. The van der Waals surface area contributed by atoms with Crippen LogP contribution in [0.2, 0.25) is 0 Å². The number of nitrogen functional groups attached to an aromatic ring is 1. The summed E-state index contributed by atoms with van der Waals surface area (Å²) < 4.78 is 7.24. The zero-order valence-corrected chi connectivity index (χ0v) is 10.8. The Morgan fingerprint density at radius 1 is 1.37 bits per heavy atom. The average molecular weight is 256 g/mol. The Kier molecular flexibility index (Phi) is 4.04. The van der Waals surface area contributed by atoms with Crippen LogP contribution in [0.5, 0.6) is 5.75 Å². The van der Waals surface area contributed by atoms with Crippen LogP contribution in [0.4, 0.5) is 5.82 Å². The van der Waals surface area contributed by atoms with Crippen LogP contribution in [-0.4, -0.2) is 16.4 Å². The van der Waals surface area contributed by atoms with Crippen molar-refractivity contribution in [3.63, 3.8) is 0 Å². The van der Waals surface area contributed by atoms with Crippen LogP contribution in [0.1, 0.15) is 17.7 Å². The summed E-state index contributed by atoms with van der Waals surface area (Å²) >= 11 is 0. The number of para-hydroxylation sites is 1. The summed E-state index contributed by atoms with van der Waals surface area (Å²) in [4.78, 5) is 0. The highest BCUT2D eigenvalue weighted by Crippen LogP contribution is 2.15. The van der Waals surface area contributed by atoms with Crippen molar-refractivity contribution in [2.75, 3.05) is 12.3 Å². The van der Waals surface area contributed by atoms with Gasteiger partial charge in [-0.25, -0.2) is 4.68 Å². The second-order valence-electron chi connectivity index (χ2n) is 4.20. The molecule has 2 N–H and O–H groups in total. The third-order valence-corrected chi connectivity index (χ3v) is 2.80. The van der Waals surface area contributed by atoms with Crippen LogP contribution in [0.25, 0.3) is 0 Å². The Hall–Kier alpha value is -2.48. The molecule has 0 fully saturated rings. The lowest BCUT2D eigenvalue weighted by atomic mass is 10.3. The van der Waals surface area contributed by atoms with Crippen molar-refractivity contribution < 1.29 is 4.74 Å². The lowest BCUT2D eigenvalue weighted by Crippen LogP contribution is -2.08. The van der Waals surface area contributed by atoms with Crippen molar-refractivity contribution in [1.82, 2.24) is 9.78 Å². The SMILES string of the molecule is Cc1nn(CCCOc2ccccc2)c(N)c1C#N. The van der Waals surface area contributed by atoms with Crippen molar-refractivity contribution in [2.24, 2.45) is 0 Å². The van der Waals surface area contributed by atoms with Gasteiger partial charge in [0, 0.05) is 13.0 Å². The van der Waals surface area contributed by atoms with E-state index in [1.54, 1.807) is 11.6 Å². The van der Waals surface area contributed by atoms with Gasteiger partial charge in [0.1, 0.15) is 23.2 Å². The standard InChI is InChI=1S/C14H16N4O/c1-11-13(10-15)14(16)18(17-11)8-5-9-19-12-6-3-2-4-7-12/h2-4,6-7H,5,8-9,16H2,1H3. The van der Waals surface area contributed by atoms with Gasteiger partial charge in [0.2, 0.25) is 0 Å². The minimum absolute atomic E-state index is 0.430. The molecular formula is C14H16N4O. The first kappa shape index (κ1) is 13.0. The molecule has 0 atom stereocenters. The number of rotatable bonds is 5. The van der Waals surface area contributed by atoms with E-state index >= 15 is 0 Å². The number of hydrogen-bond donors (Lipinski definition) is 1. The molecule has 2 rings (SSSR count). The summed E-state index contributed by atoms with van der Waals surface area (Å²) in [7, 11) is 0. The summed E-state index contributed by atoms with van der Waals surface area (Å²) in [6.07, 6.45) is 0.783. The van der Waals surface area contributed by atoms with Gasteiger partial charge in [0.15, 0.2) is 0 Å². The van der Waals surface area contributed by atoms with Gasteiger partial charge in [-0.05, 0) is 19.1 Å². The van der Waals surface area contributed by atoms with E-state index in [9.17, 15) is 0 Å². The highest BCUT2D eigenvalue weighted by molar-refractivity contribution is 5.51. The minimum atomic E-state index is 0.430. The molecule has 0 amide bonds. The number of hydrogen-bond acceptors (Lipinski definition) is 4. The summed E-state index contributed by atoms with van der Waals surface area (Å²) in [5, 5.41) is 13.2. The highest BCUT2D eigenvalue weighted by Gasteiger charge is 2.11. The molecule has 5 nitrogen and oxygen atoms in total. The minimum Gasteiger partial charge on any atom is -0.494 e. The van der Waals surface area contributed by atoms with Crippen LogP contribution < -0.4 is 10.5 Å². The molecule has 0 saturated carbocycles. The van der Waals surface area contributed by atoms with Crippen LogP contribution in [0.15, 0.2) is 30.3 Å². The number of anilines is 1. The van der Waals surface area contributed by atoms with Crippen LogP contribution in [0.3, 0.4) is 0 Å². The predicted molar refractivity (Wildman–Crippen MR) is 72.6 cm³/mol. The third kappa shape index (κ3) is 3.05. The number of nitrogens with two attached hydrogens (primary N) is 1. The number of ether oxygens (including phenoxy) is 1. The van der Waals surface area contributed by atoms with Gasteiger partial charge >= 0.3 is 0 Å². The van der Waals surface area contributed by atoms with E-state index in [4.69, 9.17) is 15.7 Å². The van der Waals surface area contributed by atoms with E-state index in [-0.39, 0.29) is 0 Å². The van der Waals surface area contributed by atoms with Gasteiger partial charge in [-0.1, -0.05) is 18.2 Å².